The molecule has 3 aromatic rings. The standard InChI is InChI=1S/C31H37ClF3N7O3S/c1-20-6-8-23(36-14-4-5-21-17-29(2,3)41(18-21)19-43)37-28(20)46-40-27(44)22-7-9-24(38-26(22)32)42-15-10-25(39-42)45-16-13-30(11-12-30)31(33,34)35/h6-10,15,19,21H,4-5,11-14,16-18H2,1-3H3,(H,36,37)(H,40,44). The van der Waals surface area contributed by atoms with E-state index in [1.807, 2.05) is 24.0 Å². The summed E-state index contributed by atoms with van der Waals surface area (Å²) in [5.74, 6) is 1.20. The van der Waals surface area contributed by atoms with E-state index in [2.05, 4.69) is 39.0 Å². The molecule has 0 aromatic carbocycles. The number of pyridine rings is 2. The first-order valence-corrected chi connectivity index (χ1v) is 16.3. The quantitative estimate of drug-likeness (QED) is 0.0846. The Bertz CT molecular complexity index is 1560. The van der Waals surface area contributed by atoms with Crippen LogP contribution in [0, 0.1) is 18.3 Å². The van der Waals surface area contributed by atoms with E-state index in [1.165, 1.54) is 16.8 Å². The number of anilines is 1. The van der Waals surface area contributed by atoms with Gasteiger partial charge in [-0.3, -0.25) is 14.3 Å². The van der Waals surface area contributed by atoms with Gasteiger partial charge in [0, 0.05) is 42.8 Å². The van der Waals surface area contributed by atoms with Gasteiger partial charge >= 0.3 is 6.18 Å². The van der Waals surface area contributed by atoms with Crippen molar-refractivity contribution in [3.05, 3.63) is 52.8 Å². The van der Waals surface area contributed by atoms with Crippen molar-refractivity contribution in [1.82, 2.24) is 29.4 Å². The van der Waals surface area contributed by atoms with Crippen LogP contribution in [-0.4, -0.2) is 68.4 Å². The van der Waals surface area contributed by atoms with Crippen LogP contribution in [0.25, 0.3) is 5.82 Å². The van der Waals surface area contributed by atoms with Crippen molar-refractivity contribution in [2.75, 3.05) is 25.0 Å². The van der Waals surface area contributed by atoms with Crippen LogP contribution < -0.4 is 14.8 Å². The summed E-state index contributed by atoms with van der Waals surface area (Å²) in [5, 5.41) is 8.14. The molecule has 4 heterocycles. The number of nitrogens with one attached hydrogen (secondary N) is 2. The molecule has 2 fully saturated rings. The minimum absolute atomic E-state index is 0.0450. The Balaban J connectivity index is 1.09. The smallest absolute Gasteiger partial charge is 0.394 e. The maximum Gasteiger partial charge on any atom is 0.394 e. The lowest BCUT2D eigenvalue weighted by Gasteiger charge is -2.27. The Morgan fingerprint density at radius 1 is 1.20 bits per heavy atom. The highest BCUT2D eigenvalue weighted by molar-refractivity contribution is 7.98. The topological polar surface area (TPSA) is 114 Å². The van der Waals surface area contributed by atoms with Gasteiger partial charge in [-0.15, -0.1) is 5.10 Å². The molecule has 46 heavy (non-hydrogen) atoms. The van der Waals surface area contributed by atoms with E-state index in [0.29, 0.717) is 22.6 Å². The fourth-order valence-electron chi connectivity index (χ4n) is 5.67. The molecule has 1 unspecified atom stereocenters. The van der Waals surface area contributed by atoms with Gasteiger partial charge in [0.15, 0.2) is 5.82 Å². The molecule has 15 heteroatoms. The van der Waals surface area contributed by atoms with E-state index in [1.54, 1.807) is 12.3 Å². The molecule has 248 valence electrons. The number of alkyl halides is 3. The normalized spacial score (nSPS) is 18.3. The van der Waals surface area contributed by atoms with Crippen molar-refractivity contribution in [2.24, 2.45) is 11.3 Å². The second kappa shape index (κ2) is 13.7. The summed E-state index contributed by atoms with van der Waals surface area (Å²) in [6.45, 7) is 7.52. The highest BCUT2D eigenvalue weighted by Gasteiger charge is 2.62. The number of ether oxygens (including phenoxy) is 1. The molecule has 2 aliphatic rings. The zero-order chi connectivity index (χ0) is 33.1. The van der Waals surface area contributed by atoms with Crippen LogP contribution in [0.5, 0.6) is 5.88 Å². The minimum atomic E-state index is -4.23. The summed E-state index contributed by atoms with van der Waals surface area (Å²) in [5.41, 5.74) is -0.690. The predicted octanol–water partition coefficient (Wildman–Crippen LogP) is 6.62. The molecule has 0 radical (unpaired) electrons. The third-order valence-electron chi connectivity index (χ3n) is 8.70. The number of halogens is 4. The number of aromatic nitrogens is 4. The highest BCUT2D eigenvalue weighted by Crippen LogP contribution is 2.59. The maximum absolute atomic E-state index is 13.1. The number of hydrogen-bond acceptors (Lipinski definition) is 8. The van der Waals surface area contributed by atoms with E-state index >= 15 is 0 Å². The van der Waals surface area contributed by atoms with Crippen LogP contribution in [0.2, 0.25) is 5.15 Å². The number of rotatable bonds is 14. The lowest BCUT2D eigenvalue weighted by atomic mass is 9.93. The number of likely N-dealkylation sites (tertiary alicyclic amines) is 1. The molecular weight excluding hydrogens is 643 g/mol. The Labute approximate surface area is 275 Å². The van der Waals surface area contributed by atoms with Gasteiger partial charge in [0.05, 0.1) is 17.6 Å². The van der Waals surface area contributed by atoms with E-state index in [9.17, 15) is 22.8 Å². The van der Waals surface area contributed by atoms with E-state index in [0.717, 1.165) is 56.3 Å². The zero-order valence-corrected chi connectivity index (χ0v) is 27.4. The summed E-state index contributed by atoms with van der Waals surface area (Å²) in [6.07, 6.45) is 1.35. The van der Waals surface area contributed by atoms with Gasteiger partial charge in [-0.2, -0.15) is 13.2 Å². The summed E-state index contributed by atoms with van der Waals surface area (Å²) >= 11 is 7.42. The summed E-state index contributed by atoms with van der Waals surface area (Å²) in [4.78, 5) is 35.0. The molecule has 3 aromatic heterocycles. The number of carbonyl (C=O) groups is 2. The summed E-state index contributed by atoms with van der Waals surface area (Å²) in [7, 11) is 0. The maximum atomic E-state index is 13.1. The van der Waals surface area contributed by atoms with Gasteiger partial charge in [-0.05, 0) is 89.0 Å². The zero-order valence-electron chi connectivity index (χ0n) is 25.9. The van der Waals surface area contributed by atoms with Gasteiger partial charge in [-0.25, -0.2) is 14.6 Å². The predicted molar refractivity (Wildman–Crippen MR) is 169 cm³/mol. The molecule has 1 aliphatic carbocycles. The Morgan fingerprint density at radius 2 is 1.98 bits per heavy atom. The molecule has 2 amide bonds. The Morgan fingerprint density at radius 3 is 2.65 bits per heavy atom. The molecule has 1 atom stereocenters. The first-order chi connectivity index (χ1) is 21.8. The van der Waals surface area contributed by atoms with Crippen LogP contribution in [0.1, 0.15) is 68.3 Å². The average Bonchev–Trinajstić information content (AvgIpc) is 3.56. The van der Waals surface area contributed by atoms with Crippen molar-refractivity contribution in [3.63, 3.8) is 0 Å². The van der Waals surface area contributed by atoms with Crippen LogP contribution in [-0.2, 0) is 4.79 Å². The third kappa shape index (κ3) is 7.88. The van der Waals surface area contributed by atoms with Gasteiger partial charge < -0.3 is 15.0 Å². The lowest BCUT2D eigenvalue weighted by molar-refractivity contribution is -0.190. The largest absolute Gasteiger partial charge is 0.477 e. The molecule has 1 aliphatic heterocycles. The molecule has 2 N–H and O–H groups in total. The number of carbonyl (C=O) groups excluding carboxylic acids is 2. The van der Waals surface area contributed by atoms with E-state index in [-0.39, 0.29) is 48.0 Å². The first kappa shape index (κ1) is 33.8. The SMILES string of the molecule is Cc1ccc(NCCCC2CN(C=O)C(C)(C)C2)nc1SNC(=O)c1ccc(-n2ccc(OCCC3(C(F)(F)F)CC3)n2)nc1Cl. The molecule has 1 saturated carbocycles. The molecule has 10 nitrogen and oxygen atoms in total. The summed E-state index contributed by atoms with van der Waals surface area (Å²) < 4.78 is 49.0. The number of hydrogen-bond donors (Lipinski definition) is 2. The Kier molecular flexibility index (Phi) is 10.1. The Hall–Kier alpha value is -3.52. The molecule has 5 rings (SSSR count). The molecular formula is C31H37ClF3N7O3S. The van der Waals surface area contributed by atoms with Crippen molar-refractivity contribution in [3.8, 4) is 11.7 Å². The first-order valence-electron chi connectivity index (χ1n) is 15.1. The number of amides is 2. The van der Waals surface area contributed by atoms with Gasteiger partial charge in [0.2, 0.25) is 12.3 Å². The second-order valence-electron chi connectivity index (χ2n) is 12.5. The van der Waals surface area contributed by atoms with Gasteiger partial charge in [-0.1, -0.05) is 17.7 Å². The number of nitrogens with zero attached hydrogens (tertiary/aromatic N) is 5. The third-order valence-corrected chi connectivity index (χ3v) is 9.88. The fraction of sp³-hybridized carbons (Fsp3) is 0.516. The van der Waals surface area contributed by atoms with E-state index < -0.39 is 17.5 Å². The second-order valence-corrected chi connectivity index (χ2v) is 13.7. The molecule has 0 bridgehead atoms. The van der Waals surface area contributed by atoms with Crippen molar-refractivity contribution in [2.45, 2.75) is 76.0 Å². The highest BCUT2D eigenvalue weighted by atomic mass is 35.5. The minimum Gasteiger partial charge on any atom is -0.477 e. The van der Waals surface area contributed by atoms with Crippen molar-refractivity contribution in [1.29, 1.82) is 0 Å². The van der Waals surface area contributed by atoms with Crippen molar-refractivity contribution >= 4 is 41.7 Å². The van der Waals surface area contributed by atoms with Crippen LogP contribution in [0.15, 0.2) is 41.6 Å². The van der Waals surface area contributed by atoms with E-state index in [4.69, 9.17) is 16.3 Å². The van der Waals surface area contributed by atoms with Crippen LogP contribution >= 0.6 is 23.5 Å². The number of aryl methyl sites for hydroxylation is 1. The summed E-state index contributed by atoms with van der Waals surface area (Å²) in [6, 6.07) is 8.42. The van der Waals surface area contributed by atoms with Gasteiger partial charge in [0.25, 0.3) is 5.91 Å². The fourth-order valence-corrected chi connectivity index (χ4v) is 6.58. The van der Waals surface area contributed by atoms with Gasteiger partial charge in [0.1, 0.15) is 16.0 Å². The van der Waals surface area contributed by atoms with Crippen molar-refractivity contribution < 1.29 is 27.5 Å². The lowest BCUT2D eigenvalue weighted by Crippen LogP contribution is -2.36. The molecule has 1 saturated heterocycles. The van der Waals surface area contributed by atoms with Crippen LogP contribution in [0.4, 0.5) is 19.0 Å². The average molecular weight is 680 g/mol. The monoisotopic (exact) mass is 679 g/mol. The molecule has 0 spiro atoms. The van der Waals surface area contributed by atoms with Crippen LogP contribution in [0.3, 0.4) is 0 Å².